The van der Waals surface area contributed by atoms with E-state index in [4.69, 9.17) is 4.74 Å². The topological polar surface area (TPSA) is 26.3 Å². The molecule has 0 spiro atoms. The Labute approximate surface area is 89.0 Å². The lowest BCUT2D eigenvalue weighted by molar-refractivity contribution is -0.127. The molecule has 1 aliphatic rings. The van der Waals surface area contributed by atoms with Gasteiger partial charge in [-0.15, -0.1) is 0 Å². The van der Waals surface area contributed by atoms with Gasteiger partial charge in [0.15, 0.2) is 0 Å². The Morgan fingerprint density at radius 3 is 2.53 bits per heavy atom. The number of ether oxygens (including phenoxy) is 1. The van der Waals surface area contributed by atoms with Gasteiger partial charge in [-0.05, 0) is 19.3 Å². The molecule has 0 aromatic heterocycles. The zero-order valence-corrected chi connectivity index (χ0v) is 9.10. The Bertz CT molecular complexity index is 207. The van der Waals surface area contributed by atoms with Gasteiger partial charge < -0.3 is 4.74 Å². The quantitative estimate of drug-likeness (QED) is 0.666. The fourth-order valence-corrected chi connectivity index (χ4v) is 1.96. The first kappa shape index (κ1) is 12.6. The van der Waals surface area contributed by atoms with Crippen LogP contribution in [0.15, 0.2) is 0 Å². The minimum absolute atomic E-state index is 0.127. The molecule has 1 aliphatic carbocycles. The van der Waals surface area contributed by atoms with E-state index < -0.39 is 5.92 Å². The minimum atomic E-state index is -2.54. The number of Topliss-reactive ketones (excluding diaryl/α,β-unsaturated/α-hetero) is 1. The maximum absolute atomic E-state index is 12.8. The molecule has 0 radical (unpaired) electrons. The predicted octanol–water partition coefficient (Wildman–Crippen LogP) is 2.81. The van der Waals surface area contributed by atoms with Gasteiger partial charge in [-0.2, -0.15) is 0 Å². The molecule has 0 heterocycles. The number of hydrogen-bond acceptors (Lipinski definition) is 2. The molecule has 0 aliphatic heterocycles. The van der Waals surface area contributed by atoms with Crippen LogP contribution < -0.4 is 0 Å². The summed E-state index contributed by atoms with van der Waals surface area (Å²) in [5, 5.41) is 0. The zero-order valence-electron chi connectivity index (χ0n) is 9.10. The van der Waals surface area contributed by atoms with E-state index in [1.807, 2.05) is 0 Å². The van der Waals surface area contributed by atoms with Gasteiger partial charge in [0.05, 0.1) is 0 Å². The van der Waals surface area contributed by atoms with Crippen LogP contribution in [-0.4, -0.2) is 25.4 Å². The average Bonchev–Trinajstić information content (AvgIpc) is 2.18. The Morgan fingerprint density at radius 1 is 1.40 bits per heavy atom. The Balaban J connectivity index is 2.24. The summed E-state index contributed by atoms with van der Waals surface area (Å²) < 4.78 is 30.5. The predicted molar refractivity (Wildman–Crippen MR) is 53.0 cm³/mol. The van der Waals surface area contributed by atoms with Crippen molar-refractivity contribution in [3.05, 3.63) is 0 Å². The van der Waals surface area contributed by atoms with Crippen LogP contribution >= 0.6 is 0 Å². The molecule has 88 valence electrons. The Morgan fingerprint density at radius 2 is 2.00 bits per heavy atom. The molecule has 0 atom stereocenters. The first-order chi connectivity index (χ1) is 7.05. The van der Waals surface area contributed by atoms with Gasteiger partial charge >= 0.3 is 0 Å². The standard InChI is InChI=1S/C11H18F2O2/c1-15-8-2-3-10(14)9-4-6-11(12,13)7-5-9/h9H,2-8H2,1H3. The molecule has 2 nitrogen and oxygen atoms in total. The van der Waals surface area contributed by atoms with Crippen molar-refractivity contribution in [3.63, 3.8) is 0 Å². The smallest absolute Gasteiger partial charge is 0.248 e. The number of halogens is 2. The Hall–Kier alpha value is -0.510. The number of carbonyl (C=O) groups is 1. The third-order valence-corrected chi connectivity index (χ3v) is 2.94. The highest BCUT2D eigenvalue weighted by atomic mass is 19.3. The molecule has 4 heteroatoms. The van der Waals surface area contributed by atoms with E-state index >= 15 is 0 Å². The fraction of sp³-hybridized carbons (Fsp3) is 0.909. The van der Waals surface area contributed by atoms with Crippen LogP contribution in [0.2, 0.25) is 0 Å². The van der Waals surface area contributed by atoms with Crippen molar-refractivity contribution in [1.29, 1.82) is 0 Å². The summed E-state index contributed by atoms with van der Waals surface area (Å²) in [6.07, 6.45) is 1.59. The minimum Gasteiger partial charge on any atom is -0.385 e. The summed E-state index contributed by atoms with van der Waals surface area (Å²) in [5.41, 5.74) is 0. The van der Waals surface area contributed by atoms with Crippen molar-refractivity contribution in [3.8, 4) is 0 Å². The van der Waals surface area contributed by atoms with Crippen molar-refractivity contribution in [2.24, 2.45) is 5.92 Å². The van der Waals surface area contributed by atoms with Gasteiger partial charge in [0.25, 0.3) is 0 Å². The van der Waals surface area contributed by atoms with Crippen molar-refractivity contribution < 1.29 is 18.3 Å². The molecular formula is C11H18F2O2. The van der Waals surface area contributed by atoms with Crippen molar-refractivity contribution in [2.75, 3.05) is 13.7 Å². The number of ketones is 1. The zero-order chi connectivity index (χ0) is 11.3. The fourth-order valence-electron chi connectivity index (χ4n) is 1.96. The molecule has 0 bridgehead atoms. The van der Waals surface area contributed by atoms with E-state index in [1.165, 1.54) is 0 Å². The summed E-state index contributed by atoms with van der Waals surface area (Å²) >= 11 is 0. The van der Waals surface area contributed by atoms with Gasteiger partial charge in [-0.1, -0.05) is 0 Å². The third kappa shape index (κ3) is 4.24. The second-order valence-corrected chi connectivity index (χ2v) is 4.19. The van der Waals surface area contributed by atoms with Crippen molar-refractivity contribution in [1.82, 2.24) is 0 Å². The van der Waals surface area contributed by atoms with Crippen LogP contribution in [0.25, 0.3) is 0 Å². The number of rotatable bonds is 5. The van der Waals surface area contributed by atoms with Gasteiger partial charge in [-0.3, -0.25) is 4.79 Å². The SMILES string of the molecule is COCCCC(=O)C1CCC(F)(F)CC1. The lowest BCUT2D eigenvalue weighted by atomic mass is 9.83. The average molecular weight is 220 g/mol. The highest BCUT2D eigenvalue weighted by Gasteiger charge is 2.36. The lowest BCUT2D eigenvalue weighted by Crippen LogP contribution is -2.28. The van der Waals surface area contributed by atoms with Crippen molar-refractivity contribution in [2.45, 2.75) is 44.4 Å². The van der Waals surface area contributed by atoms with E-state index in [1.54, 1.807) is 7.11 Å². The van der Waals surface area contributed by atoms with Crippen LogP contribution in [-0.2, 0) is 9.53 Å². The van der Waals surface area contributed by atoms with Crippen LogP contribution in [0.1, 0.15) is 38.5 Å². The van der Waals surface area contributed by atoms with E-state index in [2.05, 4.69) is 0 Å². The molecule has 1 rings (SSSR count). The molecule has 0 saturated heterocycles. The van der Waals surface area contributed by atoms with E-state index in [0.717, 1.165) is 0 Å². The van der Waals surface area contributed by atoms with Gasteiger partial charge in [-0.25, -0.2) is 8.78 Å². The summed E-state index contributed by atoms with van der Waals surface area (Å²) in [6.45, 7) is 0.564. The maximum atomic E-state index is 12.8. The van der Waals surface area contributed by atoms with Crippen LogP contribution in [0.4, 0.5) is 8.78 Å². The Kier molecular flexibility index (Phi) is 4.64. The van der Waals surface area contributed by atoms with Crippen LogP contribution in [0.3, 0.4) is 0 Å². The molecule has 1 fully saturated rings. The first-order valence-corrected chi connectivity index (χ1v) is 5.44. The molecule has 0 aromatic carbocycles. The summed E-state index contributed by atoms with van der Waals surface area (Å²) in [4.78, 5) is 11.6. The first-order valence-electron chi connectivity index (χ1n) is 5.44. The molecule has 15 heavy (non-hydrogen) atoms. The molecule has 0 amide bonds. The number of hydrogen-bond donors (Lipinski definition) is 0. The van der Waals surface area contributed by atoms with E-state index in [-0.39, 0.29) is 24.5 Å². The normalized spacial score (nSPS) is 21.5. The summed E-state index contributed by atoms with van der Waals surface area (Å²) in [5.74, 6) is -2.55. The largest absolute Gasteiger partial charge is 0.385 e. The molecule has 0 N–H and O–H groups in total. The third-order valence-electron chi connectivity index (χ3n) is 2.94. The second kappa shape index (κ2) is 5.54. The highest BCUT2D eigenvalue weighted by molar-refractivity contribution is 5.81. The number of carbonyl (C=O) groups excluding carboxylic acids is 1. The summed E-state index contributed by atoms with van der Waals surface area (Å²) in [6, 6.07) is 0. The molecule has 0 unspecified atom stereocenters. The van der Waals surface area contributed by atoms with Crippen LogP contribution in [0.5, 0.6) is 0 Å². The molecular weight excluding hydrogens is 202 g/mol. The van der Waals surface area contributed by atoms with Gasteiger partial charge in [0.2, 0.25) is 5.92 Å². The maximum Gasteiger partial charge on any atom is 0.248 e. The summed E-state index contributed by atoms with van der Waals surface area (Å²) in [7, 11) is 1.59. The van der Waals surface area contributed by atoms with Crippen LogP contribution in [0, 0.1) is 5.92 Å². The monoisotopic (exact) mass is 220 g/mol. The van der Waals surface area contributed by atoms with Gasteiger partial charge in [0.1, 0.15) is 5.78 Å². The molecule has 1 saturated carbocycles. The van der Waals surface area contributed by atoms with Gasteiger partial charge in [0, 0.05) is 38.9 Å². The van der Waals surface area contributed by atoms with E-state index in [0.29, 0.717) is 32.3 Å². The highest BCUT2D eigenvalue weighted by Crippen LogP contribution is 2.36. The number of alkyl halides is 2. The number of methoxy groups -OCH3 is 1. The van der Waals surface area contributed by atoms with Crippen molar-refractivity contribution >= 4 is 5.78 Å². The lowest BCUT2D eigenvalue weighted by Gasteiger charge is -2.27. The van der Waals surface area contributed by atoms with E-state index in [9.17, 15) is 13.6 Å². The second-order valence-electron chi connectivity index (χ2n) is 4.19. The molecule has 0 aromatic rings.